The second-order valence-electron chi connectivity index (χ2n) is 9.48. The van der Waals surface area contributed by atoms with Gasteiger partial charge in [0, 0.05) is 5.56 Å². The van der Waals surface area contributed by atoms with Crippen molar-refractivity contribution in [1.82, 2.24) is 5.16 Å². The first-order valence-corrected chi connectivity index (χ1v) is 12.7. The fourth-order valence-corrected chi connectivity index (χ4v) is 4.72. The van der Waals surface area contributed by atoms with E-state index in [1.165, 1.54) is 0 Å². The number of rotatable bonds is 10. The Hall–Kier alpha value is -3.74. The average Bonchev–Trinajstić information content (AvgIpc) is 3.66. The molecular formula is C31H31NO5. The molecule has 37 heavy (non-hydrogen) atoms. The van der Waals surface area contributed by atoms with Gasteiger partial charge in [0.1, 0.15) is 6.10 Å². The Kier molecular flexibility index (Phi) is 7.22. The van der Waals surface area contributed by atoms with Crippen LogP contribution in [-0.4, -0.2) is 29.4 Å². The van der Waals surface area contributed by atoms with Gasteiger partial charge in [0.2, 0.25) is 0 Å². The quantitative estimate of drug-likeness (QED) is 0.264. The molecule has 4 aromatic rings. The van der Waals surface area contributed by atoms with E-state index in [1.54, 1.807) is 0 Å². The summed E-state index contributed by atoms with van der Waals surface area (Å²) >= 11 is 0. The van der Waals surface area contributed by atoms with Crippen molar-refractivity contribution in [2.75, 3.05) is 13.2 Å². The average molecular weight is 498 g/mol. The summed E-state index contributed by atoms with van der Waals surface area (Å²) in [6.07, 6.45) is 0.815. The molecule has 1 unspecified atom stereocenters. The molecule has 3 aromatic carbocycles. The summed E-state index contributed by atoms with van der Waals surface area (Å²) < 4.78 is 16.6. The highest BCUT2D eigenvalue weighted by atomic mass is 16.5. The molecule has 0 amide bonds. The summed E-state index contributed by atoms with van der Waals surface area (Å²) in [5.41, 5.74) is 5.80. The van der Waals surface area contributed by atoms with Crippen LogP contribution in [0.4, 0.5) is 0 Å². The number of hydrogen-bond donors (Lipinski definition) is 1. The van der Waals surface area contributed by atoms with Crippen LogP contribution in [0.2, 0.25) is 0 Å². The maximum absolute atomic E-state index is 12.4. The number of aliphatic hydroxyl groups is 1. The van der Waals surface area contributed by atoms with Gasteiger partial charge in [-0.1, -0.05) is 84.0 Å². The van der Waals surface area contributed by atoms with Crippen LogP contribution in [-0.2, 0) is 26.3 Å². The van der Waals surface area contributed by atoms with Crippen molar-refractivity contribution < 1.29 is 23.9 Å². The van der Waals surface area contributed by atoms with Gasteiger partial charge >= 0.3 is 5.97 Å². The standard InChI is InChI=1S/C31H31NO5/c1-3-36-30(34)31(17-18-31)26-15-13-24(14-16-26)23-9-11-25(12-10-23)29-28(21(2)32-37-29)27(33)20-35-19-22-7-5-4-6-8-22/h4-16,27,33H,3,17-20H2,1-2H3. The van der Waals surface area contributed by atoms with Crippen molar-refractivity contribution in [3.63, 3.8) is 0 Å². The molecule has 0 saturated heterocycles. The van der Waals surface area contributed by atoms with E-state index in [0.717, 1.165) is 40.7 Å². The fourth-order valence-electron chi connectivity index (χ4n) is 4.72. The fraction of sp³-hybridized carbons (Fsp3) is 0.290. The number of hydrogen-bond acceptors (Lipinski definition) is 6. The molecule has 1 N–H and O–H groups in total. The number of aryl methyl sites for hydroxylation is 1. The zero-order valence-electron chi connectivity index (χ0n) is 21.1. The van der Waals surface area contributed by atoms with E-state index in [-0.39, 0.29) is 12.6 Å². The SMILES string of the molecule is CCOC(=O)C1(c2ccc(-c3ccc(-c4onc(C)c4C(O)COCc4ccccc4)cc3)cc2)CC1. The molecule has 1 heterocycles. The highest BCUT2D eigenvalue weighted by Crippen LogP contribution is 2.49. The number of nitrogens with zero attached hydrogens (tertiary/aromatic N) is 1. The van der Waals surface area contributed by atoms with Gasteiger partial charge in [-0.2, -0.15) is 0 Å². The number of esters is 1. The molecule has 1 fully saturated rings. The van der Waals surface area contributed by atoms with Gasteiger partial charge in [0.25, 0.3) is 0 Å². The Morgan fingerprint density at radius 2 is 1.59 bits per heavy atom. The minimum atomic E-state index is -0.855. The van der Waals surface area contributed by atoms with E-state index in [2.05, 4.69) is 5.16 Å². The predicted octanol–water partition coefficient (Wildman–Crippen LogP) is 6.16. The molecule has 6 nitrogen and oxygen atoms in total. The van der Waals surface area contributed by atoms with Crippen molar-refractivity contribution >= 4 is 5.97 Å². The van der Waals surface area contributed by atoms with Gasteiger partial charge in [-0.25, -0.2) is 0 Å². The van der Waals surface area contributed by atoms with Crippen LogP contribution in [0, 0.1) is 6.92 Å². The smallest absolute Gasteiger partial charge is 0.316 e. The third-order valence-electron chi connectivity index (χ3n) is 6.96. The maximum atomic E-state index is 12.4. The lowest BCUT2D eigenvalue weighted by Gasteiger charge is -2.15. The van der Waals surface area contributed by atoms with Crippen LogP contribution < -0.4 is 0 Å². The van der Waals surface area contributed by atoms with Crippen LogP contribution in [0.1, 0.15) is 48.3 Å². The summed E-state index contributed by atoms with van der Waals surface area (Å²) in [6.45, 7) is 4.62. The van der Waals surface area contributed by atoms with Gasteiger partial charge in [-0.15, -0.1) is 0 Å². The van der Waals surface area contributed by atoms with Gasteiger partial charge < -0.3 is 19.1 Å². The molecule has 1 atom stereocenters. The van der Waals surface area contributed by atoms with Crippen LogP contribution in [0.15, 0.2) is 83.4 Å². The first kappa shape index (κ1) is 24.9. The minimum absolute atomic E-state index is 0.127. The van der Waals surface area contributed by atoms with Crippen molar-refractivity contribution in [2.24, 2.45) is 0 Å². The molecule has 0 aliphatic heterocycles. The Morgan fingerprint density at radius 3 is 2.22 bits per heavy atom. The van der Waals surface area contributed by atoms with Crippen molar-refractivity contribution in [3.05, 3.63) is 101 Å². The van der Waals surface area contributed by atoms with Crippen LogP contribution in [0.25, 0.3) is 22.5 Å². The minimum Gasteiger partial charge on any atom is -0.465 e. The summed E-state index contributed by atoms with van der Waals surface area (Å²) in [6, 6.07) is 26.0. The van der Waals surface area contributed by atoms with E-state index in [9.17, 15) is 9.90 Å². The molecule has 0 bridgehead atoms. The molecule has 0 spiro atoms. The molecule has 1 aliphatic rings. The van der Waals surface area contributed by atoms with Gasteiger partial charge in [-0.05, 0) is 48.9 Å². The van der Waals surface area contributed by atoms with Crippen molar-refractivity contribution in [1.29, 1.82) is 0 Å². The van der Waals surface area contributed by atoms with Crippen molar-refractivity contribution in [2.45, 2.75) is 44.8 Å². The van der Waals surface area contributed by atoms with Crippen LogP contribution in [0.3, 0.4) is 0 Å². The largest absolute Gasteiger partial charge is 0.465 e. The Bertz CT molecular complexity index is 1340. The number of carbonyl (C=O) groups excluding carboxylic acids is 1. The van der Waals surface area contributed by atoms with Gasteiger partial charge in [0.05, 0.1) is 36.5 Å². The van der Waals surface area contributed by atoms with E-state index < -0.39 is 11.5 Å². The van der Waals surface area contributed by atoms with Gasteiger partial charge in [-0.3, -0.25) is 4.79 Å². The first-order chi connectivity index (χ1) is 18.0. The summed E-state index contributed by atoms with van der Waals surface area (Å²) in [7, 11) is 0. The molecule has 5 rings (SSSR count). The summed E-state index contributed by atoms with van der Waals surface area (Å²) in [5, 5.41) is 15.0. The first-order valence-electron chi connectivity index (χ1n) is 12.7. The number of ether oxygens (including phenoxy) is 2. The number of aromatic nitrogens is 1. The summed E-state index contributed by atoms with van der Waals surface area (Å²) in [5.74, 6) is 0.415. The normalized spacial score (nSPS) is 14.8. The Morgan fingerprint density at radius 1 is 0.973 bits per heavy atom. The zero-order valence-corrected chi connectivity index (χ0v) is 21.1. The molecule has 6 heteroatoms. The predicted molar refractivity (Wildman–Crippen MR) is 141 cm³/mol. The van der Waals surface area contributed by atoms with E-state index in [0.29, 0.717) is 30.2 Å². The lowest BCUT2D eigenvalue weighted by Crippen LogP contribution is -2.23. The van der Waals surface area contributed by atoms with E-state index >= 15 is 0 Å². The molecule has 0 radical (unpaired) electrons. The molecule has 1 saturated carbocycles. The van der Waals surface area contributed by atoms with Gasteiger partial charge in [0.15, 0.2) is 5.76 Å². The highest BCUT2D eigenvalue weighted by molar-refractivity contribution is 5.87. The maximum Gasteiger partial charge on any atom is 0.316 e. The Balaban J connectivity index is 1.28. The topological polar surface area (TPSA) is 81.8 Å². The molecule has 1 aromatic heterocycles. The molecule has 190 valence electrons. The lowest BCUT2D eigenvalue weighted by molar-refractivity contribution is -0.146. The van der Waals surface area contributed by atoms with Crippen LogP contribution in [0.5, 0.6) is 0 Å². The third-order valence-corrected chi connectivity index (χ3v) is 6.96. The van der Waals surface area contributed by atoms with Crippen molar-refractivity contribution in [3.8, 4) is 22.5 Å². The monoisotopic (exact) mass is 497 g/mol. The number of aliphatic hydroxyl groups excluding tert-OH is 1. The van der Waals surface area contributed by atoms with E-state index in [1.807, 2.05) is 92.7 Å². The van der Waals surface area contributed by atoms with E-state index in [4.69, 9.17) is 14.0 Å². The highest BCUT2D eigenvalue weighted by Gasteiger charge is 2.52. The van der Waals surface area contributed by atoms with Crippen LogP contribution >= 0.6 is 0 Å². The summed E-state index contributed by atoms with van der Waals surface area (Å²) in [4.78, 5) is 12.4. The Labute approximate surface area is 216 Å². The third kappa shape index (κ3) is 5.22. The zero-order chi connectivity index (χ0) is 25.8. The second kappa shape index (κ2) is 10.7. The number of carbonyl (C=O) groups is 1. The lowest BCUT2D eigenvalue weighted by atomic mass is 9.93. The molecular weight excluding hydrogens is 466 g/mol. The number of benzene rings is 3. The molecule has 1 aliphatic carbocycles. The second-order valence-corrected chi connectivity index (χ2v) is 9.48.